The molecule has 9 heteroatoms. The monoisotopic (exact) mass is 475 g/mol. The number of carbonyl (C=O) groups excluding carboxylic acids is 3. The van der Waals surface area contributed by atoms with E-state index in [-0.39, 0.29) is 30.2 Å². The standard InChI is InChI=1S/C25H28F3N3O3/c1-16(10-17-6-3-2-4-7-17)25(34)30-19(11-18-12-21(27)22(28)14-20(18)26)13-24(33)31-9-5-8-23(31)29-15-32/h2-4,6-7,12,14-16,19,23H,5,8-11,13H2,1H3,(H,29,32)(H,30,34)/t16?,19-,23?/m1/s1. The molecule has 1 aliphatic heterocycles. The van der Waals surface area contributed by atoms with E-state index in [2.05, 4.69) is 10.6 Å². The van der Waals surface area contributed by atoms with Gasteiger partial charge in [-0.05, 0) is 42.9 Å². The first-order valence-corrected chi connectivity index (χ1v) is 11.3. The lowest BCUT2D eigenvalue weighted by molar-refractivity contribution is -0.133. The molecule has 6 nitrogen and oxygen atoms in total. The second-order valence-corrected chi connectivity index (χ2v) is 8.59. The Morgan fingerprint density at radius 3 is 2.50 bits per heavy atom. The van der Waals surface area contributed by atoms with Crippen molar-refractivity contribution in [1.29, 1.82) is 0 Å². The smallest absolute Gasteiger partial charge is 0.226 e. The summed E-state index contributed by atoms with van der Waals surface area (Å²) in [6, 6.07) is 9.75. The molecular formula is C25H28F3N3O3. The van der Waals surface area contributed by atoms with Crippen molar-refractivity contribution >= 4 is 18.2 Å². The maximum atomic E-state index is 14.3. The molecule has 2 aromatic rings. The summed E-state index contributed by atoms with van der Waals surface area (Å²) in [4.78, 5) is 38.2. The van der Waals surface area contributed by atoms with E-state index in [9.17, 15) is 27.6 Å². The summed E-state index contributed by atoms with van der Waals surface area (Å²) < 4.78 is 41.4. The number of hydrogen-bond donors (Lipinski definition) is 2. The van der Waals surface area contributed by atoms with E-state index in [1.165, 1.54) is 4.90 Å². The third kappa shape index (κ3) is 6.59. The second kappa shape index (κ2) is 11.7. The SMILES string of the molecule is CC(Cc1ccccc1)C(=O)N[C@@H](CC(=O)N1CCCC1NC=O)Cc1cc(F)c(F)cc1F. The Morgan fingerprint density at radius 1 is 1.09 bits per heavy atom. The van der Waals surface area contributed by atoms with Gasteiger partial charge in [-0.25, -0.2) is 13.2 Å². The van der Waals surface area contributed by atoms with Gasteiger partial charge in [0.05, 0.1) is 0 Å². The van der Waals surface area contributed by atoms with E-state index in [0.29, 0.717) is 38.3 Å². The zero-order valence-corrected chi connectivity index (χ0v) is 18.9. The molecule has 0 bridgehead atoms. The number of benzene rings is 2. The lowest BCUT2D eigenvalue weighted by atomic mass is 9.97. The minimum Gasteiger partial charge on any atom is -0.352 e. The van der Waals surface area contributed by atoms with Crippen LogP contribution in [-0.2, 0) is 27.2 Å². The lowest BCUT2D eigenvalue weighted by Gasteiger charge is -2.27. The molecule has 0 aliphatic carbocycles. The Bertz CT molecular complexity index is 1020. The molecule has 1 fully saturated rings. The number of halogens is 3. The van der Waals surface area contributed by atoms with Crippen LogP contribution in [0.5, 0.6) is 0 Å². The predicted octanol–water partition coefficient (Wildman–Crippen LogP) is 3.09. The van der Waals surface area contributed by atoms with Crippen molar-refractivity contribution in [2.75, 3.05) is 6.54 Å². The molecular weight excluding hydrogens is 447 g/mol. The Morgan fingerprint density at radius 2 is 1.79 bits per heavy atom. The maximum absolute atomic E-state index is 14.3. The van der Waals surface area contributed by atoms with Gasteiger partial charge in [-0.3, -0.25) is 14.4 Å². The van der Waals surface area contributed by atoms with Crippen LogP contribution in [0.4, 0.5) is 13.2 Å². The van der Waals surface area contributed by atoms with Crippen LogP contribution in [0.15, 0.2) is 42.5 Å². The molecule has 0 saturated carbocycles. The van der Waals surface area contributed by atoms with Crippen molar-refractivity contribution in [3.63, 3.8) is 0 Å². The van der Waals surface area contributed by atoms with E-state index < -0.39 is 35.6 Å². The first kappa shape index (κ1) is 25.3. The highest BCUT2D eigenvalue weighted by molar-refractivity contribution is 5.81. The van der Waals surface area contributed by atoms with Gasteiger partial charge in [0, 0.05) is 31.0 Å². The quantitative estimate of drug-likeness (QED) is 0.410. The number of carbonyl (C=O) groups is 3. The van der Waals surface area contributed by atoms with Crippen molar-refractivity contribution in [2.24, 2.45) is 5.92 Å². The number of nitrogens with one attached hydrogen (secondary N) is 2. The number of amides is 3. The van der Waals surface area contributed by atoms with Gasteiger partial charge in [0.15, 0.2) is 11.6 Å². The summed E-state index contributed by atoms with van der Waals surface area (Å²) >= 11 is 0. The number of rotatable bonds is 10. The Balaban J connectivity index is 1.75. The van der Waals surface area contributed by atoms with E-state index in [1.54, 1.807) is 6.92 Å². The van der Waals surface area contributed by atoms with Gasteiger partial charge in [-0.1, -0.05) is 37.3 Å². The summed E-state index contributed by atoms with van der Waals surface area (Å²) in [5.74, 6) is -4.58. The van der Waals surface area contributed by atoms with E-state index >= 15 is 0 Å². The van der Waals surface area contributed by atoms with Crippen LogP contribution in [0.1, 0.15) is 37.3 Å². The molecule has 3 atom stereocenters. The Kier molecular flexibility index (Phi) is 8.67. The Labute approximate surface area is 196 Å². The van der Waals surface area contributed by atoms with Crippen LogP contribution in [0, 0.1) is 23.4 Å². The van der Waals surface area contributed by atoms with Crippen molar-refractivity contribution in [2.45, 2.75) is 51.2 Å². The zero-order chi connectivity index (χ0) is 24.7. The van der Waals surface area contributed by atoms with Gasteiger partial charge in [-0.15, -0.1) is 0 Å². The molecule has 3 amide bonds. The van der Waals surface area contributed by atoms with E-state index in [4.69, 9.17) is 0 Å². The number of hydrogen-bond acceptors (Lipinski definition) is 3. The summed E-state index contributed by atoms with van der Waals surface area (Å²) in [6.07, 6.45) is 1.48. The summed E-state index contributed by atoms with van der Waals surface area (Å²) in [5, 5.41) is 5.38. The maximum Gasteiger partial charge on any atom is 0.226 e. The molecule has 1 aliphatic rings. The van der Waals surface area contributed by atoms with Crippen LogP contribution in [-0.4, -0.2) is 41.9 Å². The van der Waals surface area contributed by atoms with E-state index in [0.717, 1.165) is 11.6 Å². The van der Waals surface area contributed by atoms with Gasteiger partial charge in [0.1, 0.15) is 12.0 Å². The normalized spacial score (nSPS) is 17.2. The van der Waals surface area contributed by atoms with Crippen LogP contribution in [0.2, 0.25) is 0 Å². The van der Waals surface area contributed by atoms with Gasteiger partial charge in [0.25, 0.3) is 0 Å². The van der Waals surface area contributed by atoms with Crippen molar-refractivity contribution in [3.05, 3.63) is 71.0 Å². The van der Waals surface area contributed by atoms with E-state index in [1.807, 2.05) is 30.3 Å². The third-order valence-electron chi connectivity index (χ3n) is 5.99. The van der Waals surface area contributed by atoms with Gasteiger partial charge >= 0.3 is 0 Å². The highest BCUT2D eigenvalue weighted by atomic mass is 19.2. The molecule has 0 aromatic heterocycles. The van der Waals surface area contributed by atoms with Gasteiger partial charge in [-0.2, -0.15) is 0 Å². The number of nitrogens with zero attached hydrogens (tertiary/aromatic N) is 1. The van der Waals surface area contributed by atoms with Crippen LogP contribution < -0.4 is 10.6 Å². The largest absolute Gasteiger partial charge is 0.352 e. The molecule has 3 rings (SSSR count). The average molecular weight is 476 g/mol. The third-order valence-corrected chi connectivity index (χ3v) is 5.99. The predicted molar refractivity (Wildman–Crippen MR) is 120 cm³/mol. The molecule has 0 radical (unpaired) electrons. The Hall–Kier alpha value is -3.36. The zero-order valence-electron chi connectivity index (χ0n) is 18.9. The van der Waals surface area contributed by atoms with Crippen molar-refractivity contribution in [3.8, 4) is 0 Å². The lowest BCUT2D eigenvalue weighted by Crippen LogP contribution is -2.48. The molecule has 2 N–H and O–H groups in total. The van der Waals surface area contributed by atoms with Gasteiger partial charge in [0.2, 0.25) is 18.2 Å². The fourth-order valence-corrected chi connectivity index (χ4v) is 4.21. The van der Waals surface area contributed by atoms with Crippen LogP contribution in [0.25, 0.3) is 0 Å². The fourth-order valence-electron chi connectivity index (χ4n) is 4.21. The molecule has 2 unspecified atom stereocenters. The van der Waals surface area contributed by atoms with Crippen LogP contribution >= 0.6 is 0 Å². The molecule has 34 heavy (non-hydrogen) atoms. The van der Waals surface area contributed by atoms with Crippen molar-refractivity contribution in [1.82, 2.24) is 15.5 Å². The minimum absolute atomic E-state index is 0.142. The summed E-state index contributed by atoms with van der Waals surface area (Å²) in [6.45, 7) is 2.18. The highest BCUT2D eigenvalue weighted by Crippen LogP contribution is 2.20. The second-order valence-electron chi connectivity index (χ2n) is 8.59. The van der Waals surface area contributed by atoms with Gasteiger partial charge < -0.3 is 15.5 Å². The average Bonchev–Trinajstić information content (AvgIpc) is 3.26. The van der Waals surface area contributed by atoms with Crippen molar-refractivity contribution < 1.29 is 27.6 Å². The molecule has 182 valence electrons. The fraction of sp³-hybridized carbons (Fsp3) is 0.400. The number of likely N-dealkylation sites (tertiary alicyclic amines) is 1. The molecule has 1 heterocycles. The first-order valence-electron chi connectivity index (χ1n) is 11.3. The molecule has 1 saturated heterocycles. The minimum atomic E-state index is -1.31. The summed E-state index contributed by atoms with van der Waals surface area (Å²) in [7, 11) is 0. The first-order chi connectivity index (χ1) is 16.3. The molecule has 2 aromatic carbocycles. The highest BCUT2D eigenvalue weighted by Gasteiger charge is 2.31. The van der Waals surface area contributed by atoms with Crippen LogP contribution in [0.3, 0.4) is 0 Å². The topological polar surface area (TPSA) is 78.5 Å². The molecule has 0 spiro atoms. The summed E-state index contributed by atoms with van der Waals surface area (Å²) in [5.41, 5.74) is 0.820.